The zero-order valence-electron chi connectivity index (χ0n) is 76.0. The maximum absolute atomic E-state index is 11.8. The molecule has 8 rings (SSSR count). The van der Waals surface area contributed by atoms with Gasteiger partial charge in [-0.25, -0.2) is 19.2 Å². The molecule has 696 valence electrons. The van der Waals surface area contributed by atoms with Crippen LogP contribution >= 0.6 is 0 Å². The maximum Gasteiger partial charge on any atom is 0.335 e. The lowest BCUT2D eigenvalue weighted by Gasteiger charge is -2.28. The van der Waals surface area contributed by atoms with Crippen molar-refractivity contribution in [1.29, 1.82) is 0 Å². The molecule has 4 N–H and O–H groups in total. The zero-order valence-corrected chi connectivity index (χ0v) is 76.0. The van der Waals surface area contributed by atoms with Crippen LogP contribution in [-0.4, -0.2) is 264 Å². The van der Waals surface area contributed by atoms with E-state index in [2.05, 4.69) is 73.9 Å². The Morgan fingerprint density at radius 3 is 0.952 bits per heavy atom. The van der Waals surface area contributed by atoms with Crippen LogP contribution in [0, 0.1) is 0 Å². The second-order valence-electron chi connectivity index (χ2n) is 31.5. The topological polar surface area (TPSA) is 384 Å². The smallest absolute Gasteiger partial charge is 0.335 e. The number of hydrogen-bond acceptors (Lipinski definition) is 20. The first-order valence-electron chi connectivity index (χ1n) is 44.4. The van der Waals surface area contributed by atoms with Crippen molar-refractivity contribution in [3.63, 3.8) is 0 Å². The van der Waals surface area contributed by atoms with Crippen LogP contribution in [0.2, 0.25) is 0 Å². The van der Waals surface area contributed by atoms with Crippen LogP contribution in [0.25, 0.3) is 0 Å². The molecule has 0 radical (unpaired) electrons. The number of amides is 12. The van der Waals surface area contributed by atoms with Gasteiger partial charge in [0.1, 0.15) is 25.5 Å². The lowest BCUT2D eigenvalue weighted by atomic mass is 10.2. The highest BCUT2D eigenvalue weighted by Crippen LogP contribution is 2.20. The summed E-state index contributed by atoms with van der Waals surface area (Å²) in [5.74, 6) is -1.34. The normalized spacial score (nSPS) is 18.0. The van der Waals surface area contributed by atoms with E-state index >= 15 is 0 Å². The minimum Gasteiger partial charge on any atom is -0.461 e. The first-order valence-corrected chi connectivity index (χ1v) is 44.4. The molecular weight excluding hydrogens is 1590 g/mol. The molecule has 4 atom stereocenters. The molecule has 8 heterocycles. The fourth-order valence-electron chi connectivity index (χ4n) is 13.6. The van der Waals surface area contributed by atoms with Gasteiger partial charge in [0, 0.05) is 164 Å². The summed E-state index contributed by atoms with van der Waals surface area (Å²) < 4.78 is 20.0. The van der Waals surface area contributed by atoms with Crippen molar-refractivity contribution in [3.8, 4) is 0 Å². The fourth-order valence-corrected chi connectivity index (χ4v) is 13.6. The summed E-state index contributed by atoms with van der Waals surface area (Å²) in [7, 11) is 0. The van der Waals surface area contributed by atoms with E-state index in [1.54, 1.807) is 70.9 Å². The predicted molar refractivity (Wildman–Crippen MR) is 475 cm³/mol. The van der Waals surface area contributed by atoms with Crippen LogP contribution < -0.4 is 21.3 Å². The van der Waals surface area contributed by atoms with Crippen molar-refractivity contribution in [2.24, 2.45) is 0 Å². The summed E-state index contributed by atoms with van der Waals surface area (Å²) in [6.07, 6.45) is 32.7. The minimum atomic E-state index is -0.491. The van der Waals surface area contributed by atoms with Gasteiger partial charge in [0.05, 0.1) is 13.1 Å². The molecule has 8 aliphatic rings. The standard InChI is InChI=1S/2C12H20N2O2.2C12H19NO3.2C11H18N2O2.2C11H17NO3/c1-9(2)12(16)13-10(3)14-8-6-4-5-7-11(14)15;1-10(2)12(16)13-7-9-14-8-5-3-4-6-11(14)15;1-9(2)12(15)16-10(3)13-8-6-4-5-7-11(13)14;1-10(2)12(15)16-9-8-13-7-5-3-4-6-11(13)14;1-3-10(14)12-9(2)13-8-6-4-5-7-11(13)15;1-2-10(14)12-7-9-13-8-5-3-4-6-11(13)15;1-3-11(14)15-9(2)12-8-6-4-5-7-10(12)13;1-2-11(14)15-9-8-12-7-5-3-4-6-10(12)13/h10H,1,4-8H2,2-3H3,(H,13,16);1,3-9H2,2H3,(H,13,16);10H,1,4-8H2,2-3H3;1,3-9H2,2H3;3,9H,1,4-8H2,2H3,(H,12,14);2H,1,3-9H2,(H,12,14);3,9H,1,4-8H2,2H3;2H,1,3-9H2. The van der Waals surface area contributed by atoms with E-state index in [9.17, 15) is 76.7 Å². The number of nitrogens with zero attached hydrogens (tertiary/aromatic N) is 8. The molecule has 0 saturated carbocycles. The van der Waals surface area contributed by atoms with Crippen molar-refractivity contribution in [1.82, 2.24) is 60.5 Å². The lowest BCUT2D eigenvalue weighted by Crippen LogP contribution is -2.49. The van der Waals surface area contributed by atoms with E-state index in [0.717, 1.165) is 206 Å². The highest BCUT2D eigenvalue weighted by molar-refractivity contribution is 5.93. The monoisotopic (exact) mass is 1740 g/mol. The average Bonchev–Trinajstić information content (AvgIpc) is 1.59. The number of carbonyl (C=O) groups excluding carboxylic acids is 16. The molecule has 0 aromatic carbocycles. The van der Waals surface area contributed by atoms with E-state index in [1.165, 1.54) is 12.2 Å². The SMILES string of the molecule is C=C(C)C(=O)NC(C)N1CCCCCC1=O.C=C(C)C(=O)NCCN1CCCCCC1=O.C=C(C)C(=O)OC(C)N1CCCCCC1=O.C=C(C)C(=O)OCCN1CCCCCC1=O.C=CC(=O)NC(C)N1CCCCCC1=O.C=CC(=O)NCCN1CCCCCC1=O.C=CC(=O)OC(C)N1CCCCCC1=O.C=CC(=O)OCCN1CCCCCC1=O. The molecule has 0 aliphatic carbocycles. The summed E-state index contributed by atoms with van der Waals surface area (Å²) in [5, 5.41) is 10.9. The van der Waals surface area contributed by atoms with Gasteiger partial charge in [-0.2, -0.15) is 0 Å². The van der Waals surface area contributed by atoms with E-state index < -0.39 is 30.4 Å². The second kappa shape index (κ2) is 66.0. The van der Waals surface area contributed by atoms with Crippen LogP contribution in [-0.2, 0) is 95.7 Å². The molecule has 0 aromatic heterocycles. The van der Waals surface area contributed by atoms with Gasteiger partial charge in [-0.05, 0) is 170 Å². The summed E-state index contributed by atoms with van der Waals surface area (Å²) in [6, 6.07) is 0. The van der Waals surface area contributed by atoms with Crippen molar-refractivity contribution >= 4 is 94.8 Å². The van der Waals surface area contributed by atoms with Gasteiger partial charge in [-0.3, -0.25) is 57.5 Å². The molecule has 0 bridgehead atoms. The van der Waals surface area contributed by atoms with Crippen LogP contribution in [0.4, 0.5) is 0 Å². The number of esters is 4. The van der Waals surface area contributed by atoms with Gasteiger partial charge in [-0.15, -0.1) is 0 Å². The highest BCUT2D eigenvalue weighted by atomic mass is 16.6. The van der Waals surface area contributed by atoms with Gasteiger partial charge in [0.15, 0.2) is 12.5 Å². The number of hydrogen-bond donors (Lipinski definition) is 4. The van der Waals surface area contributed by atoms with Crippen molar-refractivity contribution in [3.05, 3.63) is 99.2 Å². The zero-order chi connectivity index (χ0) is 92.9. The van der Waals surface area contributed by atoms with Gasteiger partial charge < -0.3 is 79.4 Å². The Bertz CT molecular complexity index is 3320. The van der Waals surface area contributed by atoms with Gasteiger partial charge in [0.2, 0.25) is 70.9 Å². The molecule has 4 unspecified atom stereocenters. The average molecular weight is 1740 g/mol. The molecule has 8 aliphatic heterocycles. The van der Waals surface area contributed by atoms with Crippen LogP contribution in [0.1, 0.15) is 261 Å². The summed E-state index contributed by atoms with van der Waals surface area (Å²) in [5.41, 5.74) is 1.72. The maximum atomic E-state index is 11.8. The number of nitrogens with one attached hydrogen (secondary N) is 4. The number of carbonyl (C=O) groups is 16. The van der Waals surface area contributed by atoms with Gasteiger partial charge >= 0.3 is 23.9 Å². The third-order valence-electron chi connectivity index (χ3n) is 20.9. The van der Waals surface area contributed by atoms with E-state index in [1.807, 2.05) is 23.6 Å². The molecule has 12 amide bonds. The largest absolute Gasteiger partial charge is 0.461 e. The summed E-state index contributed by atoms with van der Waals surface area (Å²) >= 11 is 0. The number of rotatable bonds is 28. The third kappa shape index (κ3) is 49.7. The minimum absolute atomic E-state index is 0.0665. The van der Waals surface area contributed by atoms with E-state index in [4.69, 9.17) is 18.9 Å². The van der Waals surface area contributed by atoms with Gasteiger partial charge in [-0.1, -0.05) is 104 Å². The van der Waals surface area contributed by atoms with Crippen LogP contribution in [0.5, 0.6) is 0 Å². The van der Waals surface area contributed by atoms with E-state index in [-0.39, 0.29) is 102 Å². The Kier molecular flexibility index (Phi) is 59.3. The summed E-state index contributed by atoms with van der Waals surface area (Å²) in [4.78, 5) is 196. The molecule has 8 saturated heterocycles. The summed E-state index contributed by atoms with van der Waals surface area (Å²) in [6.45, 7) is 50.9. The first-order chi connectivity index (χ1) is 59.0. The highest BCUT2D eigenvalue weighted by Gasteiger charge is 2.29. The third-order valence-corrected chi connectivity index (χ3v) is 20.9. The Morgan fingerprint density at radius 1 is 0.315 bits per heavy atom. The molecular formula is C92H148N12O20. The Balaban J connectivity index is 0.000000709. The van der Waals surface area contributed by atoms with E-state index in [0.29, 0.717) is 126 Å². The molecule has 32 heteroatoms. The first kappa shape index (κ1) is 111. The predicted octanol–water partition coefficient (Wildman–Crippen LogP) is 10.2. The molecule has 8 fully saturated rings. The number of ether oxygens (including phenoxy) is 4. The van der Waals surface area contributed by atoms with Crippen molar-refractivity contribution in [2.45, 2.75) is 286 Å². The van der Waals surface area contributed by atoms with Gasteiger partial charge in [0.25, 0.3) is 0 Å². The molecule has 0 spiro atoms. The Hall–Kier alpha value is -10.6. The van der Waals surface area contributed by atoms with Crippen molar-refractivity contribution in [2.75, 3.05) is 105 Å². The van der Waals surface area contributed by atoms with Crippen molar-refractivity contribution < 1.29 is 95.7 Å². The Morgan fingerprint density at radius 2 is 0.613 bits per heavy atom. The number of likely N-dealkylation sites (tertiary alicyclic amines) is 8. The fraction of sp³-hybridized carbons (Fsp3) is 0.652. The molecule has 32 nitrogen and oxygen atoms in total. The Labute approximate surface area is 737 Å². The van der Waals surface area contributed by atoms with Crippen LogP contribution in [0.15, 0.2) is 99.2 Å². The quantitative estimate of drug-likeness (QED) is 0.0321. The molecule has 124 heavy (non-hydrogen) atoms. The lowest BCUT2D eigenvalue weighted by molar-refractivity contribution is -0.160. The second-order valence-corrected chi connectivity index (χ2v) is 31.5. The molecule has 0 aromatic rings. The van der Waals surface area contributed by atoms with Crippen LogP contribution in [0.3, 0.4) is 0 Å².